The van der Waals surface area contributed by atoms with E-state index in [1.165, 1.54) is 0 Å². The van der Waals surface area contributed by atoms with Gasteiger partial charge in [-0.25, -0.2) is 0 Å². The quantitative estimate of drug-likeness (QED) is 0.685. The lowest BCUT2D eigenvalue weighted by molar-refractivity contribution is 1.11. The van der Waals surface area contributed by atoms with Crippen molar-refractivity contribution in [2.24, 2.45) is 4.99 Å². The highest BCUT2D eigenvalue weighted by molar-refractivity contribution is 5.86. The average Bonchev–Trinajstić information content (AvgIpc) is 2.61. The fraction of sp³-hybridized carbons (Fsp3) is 0.105. The van der Waals surface area contributed by atoms with E-state index in [1.807, 2.05) is 68.8 Å². The van der Waals surface area contributed by atoms with Crippen molar-refractivity contribution in [1.29, 1.82) is 0 Å². The van der Waals surface area contributed by atoms with Crippen molar-refractivity contribution in [2.75, 3.05) is 19.0 Å². The van der Waals surface area contributed by atoms with Crippen LogP contribution in [0.3, 0.4) is 0 Å². The third-order valence-electron chi connectivity index (χ3n) is 3.45. The average molecular weight is 302 g/mol. The van der Waals surface area contributed by atoms with E-state index < -0.39 is 0 Å². The van der Waals surface area contributed by atoms with Crippen molar-refractivity contribution in [1.82, 2.24) is 9.97 Å². The molecule has 0 aliphatic heterocycles. The van der Waals surface area contributed by atoms with Gasteiger partial charge in [-0.15, -0.1) is 0 Å². The first-order chi connectivity index (χ1) is 11.3. The van der Waals surface area contributed by atoms with Gasteiger partial charge in [-0.1, -0.05) is 24.3 Å². The van der Waals surface area contributed by atoms with Gasteiger partial charge in [0.05, 0.1) is 29.0 Å². The van der Waals surface area contributed by atoms with Crippen LogP contribution in [0.4, 0.5) is 11.4 Å². The predicted molar refractivity (Wildman–Crippen MR) is 95.5 cm³/mol. The minimum absolute atomic E-state index is 0.830. The summed E-state index contributed by atoms with van der Waals surface area (Å²) >= 11 is 0. The Balaban J connectivity index is 2.04. The third-order valence-corrected chi connectivity index (χ3v) is 3.45. The van der Waals surface area contributed by atoms with Crippen LogP contribution in [-0.4, -0.2) is 30.3 Å². The molecule has 0 fully saturated rings. The van der Waals surface area contributed by atoms with Crippen LogP contribution in [-0.2, 0) is 0 Å². The van der Waals surface area contributed by atoms with Crippen molar-refractivity contribution >= 4 is 17.6 Å². The van der Waals surface area contributed by atoms with Gasteiger partial charge in [0.2, 0.25) is 0 Å². The van der Waals surface area contributed by atoms with E-state index in [2.05, 4.69) is 25.9 Å². The molecule has 0 N–H and O–H groups in total. The Morgan fingerprint density at radius 1 is 0.870 bits per heavy atom. The van der Waals surface area contributed by atoms with Gasteiger partial charge < -0.3 is 4.90 Å². The van der Waals surface area contributed by atoms with E-state index in [1.54, 1.807) is 12.4 Å². The Labute approximate surface area is 136 Å². The zero-order valence-corrected chi connectivity index (χ0v) is 13.2. The second-order valence-electron chi connectivity index (χ2n) is 5.30. The molecule has 0 saturated carbocycles. The molecule has 2 heterocycles. The largest absolute Gasteiger partial charge is 0.376 e. The summed E-state index contributed by atoms with van der Waals surface area (Å²) in [7, 11) is 4.03. The van der Waals surface area contributed by atoms with E-state index >= 15 is 0 Å². The van der Waals surface area contributed by atoms with Gasteiger partial charge in [0.25, 0.3) is 0 Å². The van der Waals surface area contributed by atoms with Crippen LogP contribution >= 0.6 is 0 Å². The van der Waals surface area contributed by atoms with Crippen LogP contribution in [0.2, 0.25) is 0 Å². The third kappa shape index (κ3) is 3.43. The van der Waals surface area contributed by atoms with E-state index in [0.29, 0.717) is 0 Å². The predicted octanol–water partition coefficient (Wildman–Crippen LogP) is 3.96. The van der Waals surface area contributed by atoms with Crippen LogP contribution < -0.4 is 4.90 Å². The summed E-state index contributed by atoms with van der Waals surface area (Å²) in [5, 5.41) is 0. The van der Waals surface area contributed by atoms with E-state index in [9.17, 15) is 0 Å². The van der Waals surface area contributed by atoms with Crippen LogP contribution in [0, 0.1) is 0 Å². The topological polar surface area (TPSA) is 41.4 Å². The molecule has 0 aliphatic carbocycles. The molecule has 114 valence electrons. The number of rotatable bonds is 4. The van der Waals surface area contributed by atoms with Gasteiger partial charge >= 0.3 is 0 Å². The highest BCUT2D eigenvalue weighted by atomic mass is 15.1. The Hall–Kier alpha value is -3.01. The zero-order valence-electron chi connectivity index (χ0n) is 13.2. The van der Waals surface area contributed by atoms with E-state index in [-0.39, 0.29) is 0 Å². The summed E-state index contributed by atoms with van der Waals surface area (Å²) in [5.74, 6) is 0. The minimum atomic E-state index is 0.830. The Kier molecular flexibility index (Phi) is 4.43. The summed E-state index contributed by atoms with van der Waals surface area (Å²) in [4.78, 5) is 15.5. The molecule has 0 bridgehead atoms. The normalized spacial score (nSPS) is 10.9. The molecule has 3 aromatic rings. The number of nitrogens with zero attached hydrogens (tertiary/aromatic N) is 4. The second-order valence-corrected chi connectivity index (χ2v) is 5.30. The van der Waals surface area contributed by atoms with Crippen LogP contribution in [0.25, 0.3) is 11.3 Å². The Bertz CT molecular complexity index is 810. The number of aromatic nitrogens is 2. The van der Waals surface area contributed by atoms with Crippen molar-refractivity contribution in [3.63, 3.8) is 0 Å². The van der Waals surface area contributed by atoms with Crippen LogP contribution in [0.15, 0.2) is 72.0 Å². The minimum Gasteiger partial charge on any atom is -0.376 e. The van der Waals surface area contributed by atoms with Gasteiger partial charge in [-0.2, -0.15) is 0 Å². The second kappa shape index (κ2) is 6.83. The molecule has 23 heavy (non-hydrogen) atoms. The molecular formula is C19H18N4. The first kappa shape index (κ1) is 14.9. The molecule has 0 unspecified atom stereocenters. The first-order valence-electron chi connectivity index (χ1n) is 7.42. The zero-order chi connectivity index (χ0) is 16.1. The summed E-state index contributed by atoms with van der Waals surface area (Å²) in [5.41, 5.74) is 4.69. The lowest BCUT2D eigenvalue weighted by atomic mass is 10.1. The number of hydrogen-bond donors (Lipinski definition) is 0. The summed E-state index contributed by atoms with van der Waals surface area (Å²) in [6, 6.07) is 17.8. The maximum atomic E-state index is 4.61. The summed E-state index contributed by atoms with van der Waals surface area (Å²) in [6.45, 7) is 0. The molecule has 0 saturated heterocycles. The number of aliphatic imine (C=N–C) groups is 1. The van der Waals surface area contributed by atoms with Gasteiger partial charge in [0.1, 0.15) is 0 Å². The van der Waals surface area contributed by atoms with Gasteiger partial charge in [0, 0.05) is 32.1 Å². The highest BCUT2D eigenvalue weighted by Crippen LogP contribution is 2.34. The smallest absolute Gasteiger partial charge is 0.0956 e. The van der Waals surface area contributed by atoms with E-state index in [4.69, 9.17) is 0 Å². The molecule has 1 aromatic carbocycles. The lowest BCUT2D eigenvalue weighted by Gasteiger charge is -2.17. The van der Waals surface area contributed by atoms with Gasteiger partial charge in [-0.05, 0) is 30.3 Å². The number of hydrogen-bond acceptors (Lipinski definition) is 4. The molecule has 0 radical (unpaired) electrons. The standard InChI is InChI=1S/C19H18N4/c1-23(2)18-11-7-13-21-19(18)16-9-3-4-10-17(16)22-14-15-8-5-6-12-20-15/h3-14H,1-2H3/b22-14+. The molecule has 2 aromatic heterocycles. The lowest BCUT2D eigenvalue weighted by Crippen LogP contribution is -2.10. The maximum absolute atomic E-state index is 4.61. The molecular weight excluding hydrogens is 284 g/mol. The molecule has 0 atom stereocenters. The van der Waals surface area contributed by atoms with Crippen molar-refractivity contribution < 1.29 is 0 Å². The van der Waals surface area contributed by atoms with Gasteiger partial charge in [-0.3, -0.25) is 15.0 Å². The van der Waals surface area contributed by atoms with Gasteiger partial charge in [0.15, 0.2) is 0 Å². The van der Waals surface area contributed by atoms with Crippen molar-refractivity contribution in [2.45, 2.75) is 0 Å². The van der Waals surface area contributed by atoms with Crippen molar-refractivity contribution in [3.05, 3.63) is 72.7 Å². The Morgan fingerprint density at radius 3 is 2.43 bits per heavy atom. The maximum Gasteiger partial charge on any atom is 0.0956 e. The fourth-order valence-corrected chi connectivity index (χ4v) is 2.34. The van der Waals surface area contributed by atoms with Crippen LogP contribution in [0.1, 0.15) is 5.69 Å². The monoisotopic (exact) mass is 302 g/mol. The molecule has 4 nitrogen and oxygen atoms in total. The molecule has 4 heteroatoms. The van der Waals surface area contributed by atoms with E-state index in [0.717, 1.165) is 28.3 Å². The molecule has 0 aliphatic rings. The fourth-order valence-electron chi connectivity index (χ4n) is 2.34. The highest BCUT2D eigenvalue weighted by Gasteiger charge is 2.11. The number of pyridine rings is 2. The van der Waals surface area contributed by atoms with Crippen LogP contribution in [0.5, 0.6) is 0 Å². The molecule has 0 spiro atoms. The van der Waals surface area contributed by atoms with Crippen molar-refractivity contribution in [3.8, 4) is 11.3 Å². The number of benzene rings is 1. The Morgan fingerprint density at radius 2 is 1.65 bits per heavy atom. The SMILES string of the molecule is CN(C)c1cccnc1-c1ccccc1/N=C/c1ccccn1. The molecule has 0 amide bonds. The summed E-state index contributed by atoms with van der Waals surface area (Å²) < 4.78 is 0. The molecule has 3 rings (SSSR count). The number of para-hydroxylation sites is 1. The number of anilines is 1. The first-order valence-corrected chi connectivity index (χ1v) is 7.42. The summed E-state index contributed by atoms with van der Waals surface area (Å²) in [6.07, 6.45) is 5.34.